The zero-order valence-electron chi connectivity index (χ0n) is 13.1. The van der Waals surface area contributed by atoms with Gasteiger partial charge in [0, 0.05) is 18.9 Å². The molecule has 1 heterocycles. The van der Waals surface area contributed by atoms with Gasteiger partial charge in [-0.05, 0) is 13.0 Å². The Labute approximate surface area is 129 Å². The van der Waals surface area contributed by atoms with Gasteiger partial charge >= 0.3 is 5.97 Å². The minimum Gasteiger partial charge on any atom is -0.462 e. The number of hydrogen-bond donors (Lipinski definition) is 0. The summed E-state index contributed by atoms with van der Waals surface area (Å²) in [7, 11) is 1.61. The first-order valence-corrected chi connectivity index (χ1v) is 7.11. The molecule has 7 heteroatoms. The van der Waals surface area contributed by atoms with E-state index < -0.39 is 5.97 Å². The van der Waals surface area contributed by atoms with Crippen LogP contribution in [0, 0.1) is 6.92 Å². The van der Waals surface area contributed by atoms with Gasteiger partial charge in [0.15, 0.2) is 0 Å². The topological polar surface area (TPSA) is 76.0 Å². The summed E-state index contributed by atoms with van der Waals surface area (Å²) < 4.78 is 21.6. The first-order chi connectivity index (χ1) is 10.6. The minimum absolute atomic E-state index is 0.0966. The van der Waals surface area contributed by atoms with Gasteiger partial charge in [0.25, 0.3) is 5.56 Å². The van der Waals surface area contributed by atoms with Crippen LogP contribution < -0.4 is 5.56 Å². The van der Waals surface area contributed by atoms with E-state index in [4.69, 9.17) is 18.9 Å². The van der Waals surface area contributed by atoms with Gasteiger partial charge in [-0.2, -0.15) is 0 Å². The molecule has 0 aliphatic rings. The number of ether oxygens (including phenoxy) is 4. The fraction of sp³-hybridized carbons (Fsp3) is 0.600. The van der Waals surface area contributed by atoms with Crippen molar-refractivity contribution in [2.45, 2.75) is 13.5 Å². The number of aromatic nitrogens is 1. The second-order valence-corrected chi connectivity index (χ2v) is 4.56. The van der Waals surface area contributed by atoms with Crippen molar-refractivity contribution in [3.63, 3.8) is 0 Å². The van der Waals surface area contributed by atoms with Crippen LogP contribution in [-0.4, -0.2) is 57.3 Å². The molecule has 0 saturated heterocycles. The fourth-order valence-corrected chi connectivity index (χ4v) is 1.64. The summed E-state index contributed by atoms with van der Waals surface area (Å²) in [5, 5.41) is 0. The smallest absolute Gasteiger partial charge is 0.326 e. The average Bonchev–Trinajstić information content (AvgIpc) is 2.50. The maximum Gasteiger partial charge on any atom is 0.326 e. The van der Waals surface area contributed by atoms with Crippen molar-refractivity contribution >= 4 is 5.97 Å². The van der Waals surface area contributed by atoms with Crippen LogP contribution in [0.4, 0.5) is 0 Å². The number of rotatable bonds is 11. The molecule has 0 radical (unpaired) electrons. The lowest BCUT2D eigenvalue weighted by molar-refractivity contribution is -0.146. The third-order valence-electron chi connectivity index (χ3n) is 2.80. The lowest BCUT2D eigenvalue weighted by atomic mass is 10.3. The first kappa shape index (κ1) is 18.3. The van der Waals surface area contributed by atoms with E-state index in [2.05, 4.69) is 0 Å². The number of nitrogens with zero attached hydrogens (tertiary/aromatic N) is 1. The molecule has 1 aromatic heterocycles. The molecule has 0 fully saturated rings. The van der Waals surface area contributed by atoms with E-state index in [1.165, 1.54) is 4.57 Å². The molecule has 22 heavy (non-hydrogen) atoms. The highest BCUT2D eigenvalue weighted by Crippen LogP contribution is 1.91. The third kappa shape index (κ3) is 7.35. The largest absolute Gasteiger partial charge is 0.462 e. The number of carbonyl (C=O) groups excluding carboxylic acids is 1. The molecule has 7 nitrogen and oxygen atoms in total. The predicted molar refractivity (Wildman–Crippen MR) is 79.9 cm³/mol. The second kappa shape index (κ2) is 10.9. The van der Waals surface area contributed by atoms with Crippen molar-refractivity contribution in [3.05, 3.63) is 34.2 Å². The van der Waals surface area contributed by atoms with Crippen LogP contribution in [0.3, 0.4) is 0 Å². The average molecular weight is 313 g/mol. The van der Waals surface area contributed by atoms with Gasteiger partial charge in [-0.1, -0.05) is 6.07 Å². The Morgan fingerprint density at radius 1 is 1.09 bits per heavy atom. The zero-order chi connectivity index (χ0) is 16.2. The van der Waals surface area contributed by atoms with Crippen LogP contribution in [0.5, 0.6) is 0 Å². The molecule has 0 atom stereocenters. The molecule has 124 valence electrons. The SMILES string of the molecule is COCCOCCOCCOC(=O)Cn1cccc(C)c1=O. The van der Waals surface area contributed by atoms with Crippen molar-refractivity contribution in [1.82, 2.24) is 4.57 Å². The Morgan fingerprint density at radius 2 is 1.73 bits per heavy atom. The highest BCUT2D eigenvalue weighted by molar-refractivity contribution is 5.69. The standard InChI is InChI=1S/C15H23NO6/c1-13-4-3-5-16(15(13)18)12-14(17)22-11-10-21-9-8-20-7-6-19-2/h3-5H,6-12H2,1-2H3. The highest BCUT2D eigenvalue weighted by atomic mass is 16.6. The van der Waals surface area contributed by atoms with E-state index in [0.29, 0.717) is 38.6 Å². The van der Waals surface area contributed by atoms with Crippen LogP contribution in [0.1, 0.15) is 5.56 Å². The van der Waals surface area contributed by atoms with Crippen molar-refractivity contribution < 1.29 is 23.7 Å². The molecule has 0 aliphatic heterocycles. The Hall–Kier alpha value is -1.70. The molecule has 0 saturated carbocycles. The van der Waals surface area contributed by atoms with Crippen molar-refractivity contribution in [1.29, 1.82) is 0 Å². The van der Waals surface area contributed by atoms with E-state index in [0.717, 1.165) is 0 Å². The van der Waals surface area contributed by atoms with Gasteiger partial charge in [0.1, 0.15) is 13.2 Å². The summed E-state index contributed by atoms with van der Waals surface area (Å²) in [4.78, 5) is 23.3. The fourth-order valence-electron chi connectivity index (χ4n) is 1.64. The van der Waals surface area contributed by atoms with Crippen LogP contribution in [0.15, 0.2) is 23.1 Å². The lowest BCUT2D eigenvalue weighted by Crippen LogP contribution is -2.26. The molecule has 0 unspecified atom stereocenters. The molecule has 0 amide bonds. The number of aryl methyl sites for hydroxylation is 1. The van der Waals surface area contributed by atoms with Crippen LogP contribution in [-0.2, 0) is 30.3 Å². The van der Waals surface area contributed by atoms with E-state index in [1.54, 1.807) is 32.4 Å². The van der Waals surface area contributed by atoms with Gasteiger partial charge in [0.05, 0.1) is 33.0 Å². The molecule has 1 rings (SSSR count). The van der Waals surface area contributed by atoms with E-state index >= 15 is 0 Å². The van der Waals surface area contributed by atoms with Gasteiger partial charge in [-0.25, -0.2) is 0 Å². The number of esters is 1. The van der Waals surface area contributed by atoms with Crippen molar-refractivity contribution in [2.75, 3.05) is 46.8 Å². The molecule has 0 N–H and O–H groups in total. The summed E-state index contributed by atoms with van der Waals surface area (Å²) >= 11 is 0. The summed E-state index contributed by atoms with van der Waals surface area (Å²) in [6.07, 6.45) is 1.56. The van der Waals surface area contributed by atoms with Crippen LogP contribution in [0.25, 0.3) is 0 Å². The molecule has 1 aromatic rings. The molecular formula is C15H23NO6. The monoisotopic (exact) mass is 313 g/mol. The zero-order valence-corrected chi connectivity index (χ0v) is 13.1. The summed E-state index contributed by atoms with van der Waals surface area (Å²) in [5.41, 5.74) is 0.399. The quantitative estimate of drug-likeness (QED) is 0.434. The number of pyridine rings is 1. The lowest BCUT2D eigenvalue weighted by Gasteiger charge is -2.08. The van der Waals surface area contributed by atoms with Crippen molar-refractivity contribution in [2.24, 2.45) is 0 Å². The molecule has 0 spiro atoms. The van der Waals surface area contributed by atoms with E-state index in [9.17, 15) is 9.59 Å². The van der Waals surface area contributed by atoms with Gasteiger partial charge in [-0.3, -0.25) is 9.59 Å². The molecular weight excluding hydrogens is 290 g/mol. The Kier molecular flexibility index (Phi) is 9.13. The van der Waals surface area contributed by atoms with E-state index in [1.807, 2.05) is 0 Å². The third-order valence-corrected chi connectivity index (χ3v) is 2.80. The normalized spacial score (nSPS) is 10.6. The van der Waals surface area contributed by atoms with Gasteiger partial charge in [0.2, 0.25) is 0 Å². The maximum absolute atomic E-state index is 11.7. The Morgan fingerprint density at radius 3 is 2.41 bits per heavy atom. The van der Waals surface area contributed by atoms with Crippen LogP contribution in [0.2, 0.25) is 0 Å². The minimum atomic E-state index is -0.465. The summed E-state index contributed by atoms with van der Waals surface area (Å²) in [6, 6.07) is 3.42. The predicted octanol–water partition coefficient (Wildman–Crippen LogP) is 0.380. The highest BCUT2D eigenvalue weighted by Gasteiger charge is 2.06. The van der Waals surface area contributed by atoms with Crippen molar-refractivity contribution in [3.8, 4) is 0 Å². The van der Waals surface area contributed by atoms with Gasteiger partial charge < -0.3 is 23.5 Å². The summed E-state index contributed by atoms with van der Waals surface area (Å²) in [5.74, 6) is -0.465. The molecule has 0 bridgehead atoms. The Bertz CT molecular complexity index is 499. The van der Waals surface area contributed by atoms with E-state index in [-0.39, 0.29) is 18.7 Å². The number of carbonyl (C=O) groups is 1. The molecule has 0 aromatic carbocycles. The number of methoxy groups -OCH3 is 1. The Balaban J connectivity index is 2.09. The maximum atomic E-state index is 11.7. The summed E-state index contributed by atoms with van der Waals surface area (Å²) in [6.45, 7) is 4.03. The molecule has 0 aliphatic carbocycles. The van der Waals surface area contributed by atoms with Gasteiger partial charge in [-0.15, -0.1) is 0 Å². The van der Waals surface area contributed by atoms with Crippen LogP contribution >= 0.6 is 0 Å². The second-order valence-electron chi connectivity index (χ2n) is 4.56. The first-order valence-electron chi connectivity index (χ1n) is 7.11. The number of hydrogen-bond acceptors (Lipinski definition) is 6.